The molecule has 0 aliphatic carbocycles. The van der Waals surface area contributed by atoms with Crippen molar-refractivity contribution in [3.63, 3.8) is 0 Å². The van der Waals surface area contributed by atoms with Gasteiger partial charge in [-0.05, 0) is 49.4 Å². The summed E-state index contributed by atoms with van der Waals surface area (Å²) in [5.41, 5.74) is 0.600. The van der Waals surface area contributed by atoms with Gasteiger partial charge in [0.05, 0.1) is 11.3 Å². The number of benzene rings is 2. The van der Waals surface area contributed by atoms with E-state index in [1.165, 1.54) is 25.1 Å². The maximum Gasteiger partial charge on any atom is 0.365 e. The molecule has 0 atom stereocenters. The first-order valence-electron chi connectivity index (χ1n) is 5.94. The van der Waals surface area contributed by atoms with E-state index in [0.717, 1.165) is 24.3 Å². The number of rotatable bonds is 3. The van der Waals surface area contributed by atoms with Crippen LogP contribution in [0.3, 0.4) is 0 Å². The van der Waals surface area contributed by atoms with E-state index in [4.69, 9.17) is 0 Å². The molecule has 0 aliphatic heterocycles. The summed E-state index contributed by atoms with van der Waals surface area (Å²) in [7, 11) is 0. The summed E-state index contributed by atoms with van der Waals surface area (Å²) in [5.74, 6) is -3.26. The molecule has 3 nitrogen and oxygen atoms in total. The van der Waals surface area contributed by atoms with Crippen molar-refractivity contribution in [2.24, 2.45) is 5.16 Å². The number of hydrogen-bond donors (Lipinski definition) is 0. The van der Waals surface area contributed by atoms with Gasteiger partial charge < -0.3 is 4.84 Å². The Labute approximate surface area is 118 Å². The summed E-state index contributed by atoms with van der Waals surface area (Å²) >= 11 is 0. The van der Waals surface area contributed by atoms with Gasteiger partial charge in [-0.3, -0.25) is 0 Å². The van der Waals surface area contributed by atoms with E-state index in [0.29, 0.717) is 0 Å². The van der Waals surface area contributed by atoms with E-state index in [1.807, 2.05) is 0 Å². The molecular weight excluding hydrogens is 283 g/mol. The van der Waals surface area contributed by atoms with Crippen LogP contribution in [0.25, 0.3) is 0 Å². The second kappa shape index (κ2) is 6.21. The molecule has 0 fully saturated rings. The lowest BCUT2D eigenvalue weighted by molar-refractivity contribution is 0.0516. The van der Waals surface area contributed by atoms with E-state index >= 15 is 0 Å². The zero-order valence-electron chi connectivity index (χ0n) is 10.9. The highest BCUT2D eigenvalue weighted by Gasteiger charge is 2.09. The first-order valence-corrected chi connectivity index (χ1v) is 5.94. The average molecular weight is 293 g/mol. The van der Waals surface area contributed by atoms with Gasteiger partial charge in [0.1, 0.15) is 5.82 Å². The molecule has 0 aliphatic rings. The highest BCUT2D eigenvalue weighted by Crippen LogP contribution is 2.10. The van der Waals surface area contributed by atoms with E-state index in [-0.39, 0.29) is 16.8 Å². The van der Waals surface area contributed by atoms with Crippen molar-refractivity contribution in [2.75, 3.05) is 0 Å². The van der Waals surface area contributed by atoms with Gasteiger partial charge in [-0.1, -0.05) is 5.16 Å². The predicted molar refractivity (Wildman–Crippen MR) is 70.4 cm³/mol. The van der Waals surface area contributed by atoms with E-state index in [9.17, 15) is 18.0 Å². The molecule has 0 amide bonds. The maximum atomic E-state index is 13.1. The summed E-state index contributed by atoms with van der Waals surface area (Å²) in [6, 6.07) is 7.93. The van der Waals surface area contributed by atoms with Crippen LogP contribution in [0.1, 0.15) is 22.8 Å². The predicted octanol–water partition coefficient (Wildman–Crippen LogP) is 3.68. The van der Waals surface area contributed by atoms with Gasteiger partial charge in [0, 0.05) is 5.56 Å². The van der Waals surface area contributed by atoms with Crippen LogP contribution in [0, 0.1) is 17.5 Å². The number of carbonyl (C=O) groups excluding carboxylic acids is 1. The van der Waals surface area contributed by atoms with Crippen LogP contribution in [0.4, 0.5) is 13.2 Å². The van der Waals surface area contributed by atoms with Gasteiger partial charge in [-0.15, -0.1) is 0 Å². The maximum absolute atomic E-state index is 13.1. The Kier molecular flexibility index (Phi) is 4.37. The van der Waals surface area contributed by atoms with E-state index in [1.54, 1.807) is 0 Å². The molecule has 0 saturated carbocycles. The summed E-state index contributed by atoms with van der Waals surface area (Å²) in [5, 5.41) is 3.55. The summed E-state index contributed by atoms with van der Waals surface area (Å²) in [6.07, 6.45) is 0. The smallest absolute Gasteiger partial charge is 0.313 e. The fourth-order valence-corrected chi connectivity index (χ4v) is 1.52. The Balaban J connectivity index is 2.10. The quantitative estimate of drug-likeness (QED) is 0.492. The number of carbonyl (C=O) groups is 1. The van der Waals surface area contributed by atoms with Crippen molar-refractivity contribution in [1.82, 2.24) is 0 Å². The minimum Gasteiger partial charge on any atom is -0.313 e. The van der Waals surface area contributed by atoms with Crippen LogP contribution in [0.15, 0.2) is 47.6 Å². The first kappa shape index (κ1) is 14.8. The third-order valence-electron chi connectivity index (χ3n) is 2.68. The molecule has 2 rings (SSSR count). The average Bonchev–Trinajstić information content (AvgIpc) is 2.48. The highest BCUT2D eigenvalue weighted by atomic mass is 19.2. The molecule has 0 saturated heterocycles. The largest absolute Gasteiger partial charge is 0.365 e. The fourth-order valence-electron chi connectivity index (χ4n) is 1.52. The van der Waals surface area contributed by atoms with Crippen molar-refractivity contribution in [3.05, 3.63) is 71.0 Å². The minimum atomic E-state index is -1.02. The third kappa shape index (κ3) is 3.68. The molecule has 0 bridgehead atoms. The van der Waals surface area contributed by atoms with Crippen LogP contribution in [-0.4, -0.2) is 11.7 Å². The van der Waals surface area contributed by atoms with Gasteiger partial charge >= 0.3 is 5.97 Å². The van der Waals surface area contributed by atoms with Crippen LogP contribution >= 0.6 is 0 Å². The molecule has 0 heterocycles. The lowest BCUT2D eigenvalue weighted by Gasteiger charge is -2.02. The topological polar surface area (TPSA) is 38.7 Å². The number of nitrogens with zero attached hydrogens (tertiary/aromatic N) is 1. The Morgan fingerprint density at radius 2 is 1.57 bits per heavy atom. The highest BCUT2D eigenvalue weighted by molar-refractivity contribution is 5.99. The number of halogens is 3. The fraction of sp³-hybridized carbons (Fsp3) is 0.0667. The lowest BCUT2D eigenvalue weighted by Crippen LogP contribution is -2.04. The molecule has 0 N–H and O–H groups in total. The minimum absolute atomic E-state index is 0.123. The Morgan fingerprint density at radius 3 is 2.19 bits per heavy atom. The van der Waals surface area contributed by atoms with Crippen molar-refractivity contribution >= 4 is 11.7 Å². The standard InChI is InChI=1S/C15H10F3NO2/c1-9(11-4-7-13(17)14(18)8-11)19-21-15(20)10-2-5-12(16)6-3-10/h2-8H,1H3/b19-9+. The molecule has 108 valence electrons. The Morgan fingerprint density at radius 1 is 0.952 bits per heavy atom. The SMILES string of the molecule is C/C(=N\OC(=O)c1ccc(F)cc1)c1ccc(F)c(F)c1. The van der Waals surface area contributed by atoms with Crippen LogP contribution in [-0.2, 0) is 4.84 Å². The van der Waals surface area contributed by atoms with E-state index < -0.39 is 23.4 Å². The third-order valence-corrected chi connectivity index (χ3v) is 2.68. The molecule has 2 aromatic carbocycles. The number of hydrogen-bond acceptors (Lipinski definition) is 3. The van der Waals surface area contributed by atoms with Crippen LogP contribution < -0.4 is 0 Å². The second-order valence-corrected chi connectivity index (χ2v) is 4.19. The van der Waals surface area contributed by atoms with Gasteiger partial charge in [0.2, 0.25) is 0 Å². The van der Waals surface area contributed by atoms with Crippen molar-refractivity contribution in [1.29, 1.82) is 0 Å². The molecule has 0 spiro atoms. The van der Waals surface area contributed by atoms with Crippen molar-refractivity contribution in [2.45, 2.75) is 6.92 Å². The molecule has 21 heavy (non-hydrogen) atoms. The molecular formula is C15H10F3NO2. The molecule has 2 aromatic rings. The van der Waals surface area contributed by atoms with Gasteiger partial charge in [0.25, 0.3) is 0 Å². The Hall–Kier alpha value is -2.63. The second-order valence-electron chi connectivity index (χ2n) is 4.19. The zero-order valence-corrected chi connectivity index (χ0v) is 10.9. The molecule has 6 heteroatoms. The van der Waals surface area contributed by atoms with Gasteiger partial charge in [-0.25, -0.2) is 18.0 Å². The first-order chi connectivity index (χ1) is 9.97. The Bertz CT molecular complexity index is 697. The summed E-state index contributed by atoms with van der Waals surface area (Å²) in [4.78, 5) is 16.3. The molecule has 0 radical (unpaired) electrons. The monoisotopic (exact) mass is 293 g/mol. The normalized spacial score (nSPS) is 11.3. The lowest BCUT2D eigenvalue weighted by atomic mass is 10.1. The van der Waals surface area contributed by atoms with E-state index in [2.05, 4.69) is 9.99 Å². The van der Waals surface area contributed by atoms with Crippen molar-refractivity contribution < 1.29 is 22.8 Å². The van der Waals surface area contributed by atoms with Crippen LogP contribution in [0.5, 0.6) is 0 Å². The van der Waals surface area contributed by atoms with Gasteiger partial charge in [-0.2, -0.15) is 0 Å². The molecule has 0 aromatic heterocycles. The summed E-state index contributed by atoms with van der Waals surface area (Å²) < 4.78 is 38.6. The van der Waals surface area contributed by atoms with Crippen LogP contribution in [0.2, 0.25) is 0 Å². The van der Waals surface area contributed by atoms with Crippen molar-refractivity contribution in [3.8, 4) is 0 Å². The number of oxime groups is 1. The summed E-state index contributed by atoms with van der Waals surface area (Å²) in [6.45, 7) is 1.48. The van der Waals surface area contributed by atoms with Gasteiger partial charge in [0.15, 0.2) is 11.6 Å². The zero-order chi connectivity index (χ0) is 15.4. The molecule has 0 unspecified atom stereocenters.